The summed E-state index contributed by atoms with van der Waals surface area (Å²) in [6.45, 7) is 0. The van der Waals surface area contributed by atoms with Crippen LogP contribution in [-0.2, 0) is 0 Å². The molecule has 0 unspecified atom stereocenters. The van der Waals surface area contributed by atoms with Gasteiger partial charge in [0.25, 0.3) is 0 Å². The van der Waals surface area contributed by atoms with Crippen LogP contribution in [0.3, 0.4) is 0 Å². The summed E-state index contributed by atoms with van der Waals surface area (Å²) in [5, 5.41) is 0. The maximum Gasteiger partial charge on any atom is 0.198 e. The number of benzene rings is 1. The largest absolute Gasteiger partial charge is 0.397 e. The predicted molar refractivity (Wildman–Crippen MR) is 84.3 cm³/mol. The number of anilines is 1. The van der Waals surface area contributed by atoms with Crippen LogP contribution in [0.15, 0.2) is 30.5 Å². The molecule has 0 aliphatic heterocycles. The molecule has 0 amide bonds. The van der Waals surface area contributed by atoms with Gasteiger partial charge in [-0.25, -0.2) is 8.78 Å². The summed E-state index contributed by atoms with van der Waals surface area (Å²) in [6, 6.07) is 4.41. The van der Waals surface area contributed by atoms with Gasteiger partial charge in [0.1, 0.15) is 11.6 Å². The molecule has 3 rings (SSSR count). The first kappa shape index (κ1) is 15.6. The number of pyridine rings is 1. The van der Waals surface area contributed by atoms with E-state index in [0.29, 0.717) is 11.8 Å². The van der Waals surface area contributed by atoms with Crippen molar-refractivity contribution in [3.05, 3.63) is 58.9 Å². The lowest BCUT2D eigenvalue weighted by atomic mass is 9.85. The Balaban J connectivity index is 1.97. The van der Waals surface area contributed by atoms with Crippen LogP contribution >= 0.6 is 0 Å². The van der Waals surface area contributed by atoms with Gasteiger partial charge in [0.15, 0.2) is 5.78 Å². The lowest BCUT2D eigenvalue weighted by Crippen LogP contribution is -2.14. The zero-order valence-electron chi connectivity index (χ0n) is 12.7. The van der Waals surface area contributed by atoms with E-state index in [1.807, 2.05) is 0 Å². The van der Waals surface area contributed by atoms with Gasteiger partial charge in [0, 0.05) is 23.7 Å². The molecular formula is C18H18F2N2O. The minimum atomic E-state index is -0.884. The fourth-order valence-corrected chi connectivity index (χ4v) is 3.21. The molecule has 120 valence electrons. The Labute approximate surface area is 133 Å². The number of ketones is 1. The second-order valence-electron chi connectivity index (χ2n) is 5.95. The van der Waals surface area contributed by atoms with E-state index < -0.39 is 17.4 Å². The molecule has 1 aromatic heterocycles. The van der Waals surface area contributed by atoms with Gasteiger partial charge in [-0.3, -0.25) is 9.78 Å². The molecule has 0 radical (unpaired) electrons. The van der Waals surface area contributed by atoms with Crippen molar-refractivity contribution < 1.29 is 13.6 Å². The number of nitrogens with zero attached hydrogens (tertiary/aromatic N) is 1. The van der Waals surface area contributed by atoms with Crippen LogP contribution in [0.4, 0.5) is 14.5 Å². The lowest BCUT2D eigenvalue weighted by molar-refractivity contribution is 0.103. The lowest BCUT2D eigenvalue weighted by Gasteiger charge is -2.23. The number of carbonyl (C=O) groups excluding carboxylic acids is 1. The first-order valence-corrected chi connectivity index (χ1v) is 7.82. The Morgan fingerprint density at radius 3 is 2.52 bits per heavy atom. The summed E-state index contributed by atoms with van der Waals surface area (Å²) >= 11 is 0. The quantitative estimate of drug-likeness (QED) is 0.863. The van der Waals surface area contributed by atoms with Gasteiger partial charge in [-0.2, -0.15) is 0 Å². The normalized spacial score (nSPS) is 15.6. The third-order valence-corrected chi connectivity index (χ3v) is 4.43. The molecule has 1 heterocycles. The van der Waals surface area contributed by atoms with E-state index in [1.54, 1.807) is 0 Å². The summed E-state index contributed by atoms with van der Waals surface area (Å²) in [7, 11) is 0. The van der Waals surface area contributed by atoms with E-state index in [4.69, 9.17) is 5.73 Å². The molecule has 0 atom stereocenters. The topological polar surface area (TPSA) is 56.0 Å². The molecular weight excluding hydrogens is 298 g/mol. The van der Waals surface area contributed by atoms with Crippen molar-refractivity contribution in [3.8, 4) is 0 Å². The van der Waals surface area contributed by atoms with E-state index in [9.17, 15) is 13.6 Å². The average molecular weight is 316 g/mol. The molecule has 1 fully saturated rings. The molecule has 2 N–H and O–H groups in total. The van der Waals surface area contributed by atoms with E-state index in [-0.39, 0.29) is 17.0 Å². The fourth-order valence-electron chi connectivity index (χ4n) is 3.21. The highest BCUT2D eigenvalue weighted by atomic mass is 19.1. The smallest absolute Gasteiger partial charge is 0.198 e. The van der Waals surface area contributed by atoms with Gasteiger partial charge in [0.05, 0.1) is 16.9 Å². The highest BCUT2D eigenvalue weighted by Crippen LogP contribution is 2.35. The van der Waals surface area contributed by atoms with Crippen LogP contribution in [0.5, 0.6) is 0 Å². The van der Waals surface area contributed by atoms with Crippen LogP contribution in [0.25, 0.3) is 0 Å². The molecule has 0 saturated heterocycles. The zero-order chi connectivity index (χ0) is 16.4. The highest BCUT2D eigenvalue weighted by molar-refractivity contribution is 6.12. The average Bonchev–Trinajstić information content (AvgIpc) is 2.55. The minimum Gasteiger partial charge on any atom is -0.397 e. The second-order valence-corrected chi connectivity index (χ2v) is 5.95. The van der Waals surface area contributed by atoms with E-state index in [2.05, 4.69) is 4.98 Å². The van der Waals surface area contributed by atoms with Crippen LogP contribution in [-0.4, -0.2) is 10.8 Å². The third kappa shape index (κ3) is 3.09. The van der Waals surface area contributed by atoms with E-state index in [1.165, 1.54) is 18.7 Å². The van der Waals surface area contributed by atoms with Crippen LogP contribution in [0.2, 0.25) is 0 Å². The molecule has 3 nitrogen and oxygen atoms in total. The number of hydrogen-bond acceptors (Lipinski definition) is 3. The van der Waals surface area contributed by atoms with Gasteiger partial charge >= 0.3 is 0 Å². The maximum atomic E-state index is 13.9. The Kier molecular flexibility index (Phi) is 4.37. The van der Waals surface area contributed by atoms with Crippen molar-refractivity contribution in [2.75, 3.05) is 5.73 Å². The fraction of sp³-hybridized carbons (Fsp3) is 0.333. The van der Waals surface area contributed by atoms with E-state index in [0.717, 1.165) is 43.5 Å². The van der Waals surface area contributed by atoms with Crippen molar-refractivity contribution in [1.29, 1.82) is 0 Å². The highest BCUT2D eigenvalue weighted by Gasteiger charge is 2.24. The predicted octanol–water partition coefficient (Wildman–Crippen LogP) is 4.22. The first-order valence-electron chi connectivity index (χ1n) is 7.82. The number of hydrogen-bond donors (Lipinski definition) is 1. The number of rotatable bonds is 3. The molecule has 23 heavy (non-hydrogen) atoms. The van der Waals surface area contributed by atoms with Gasteiger partial charge in [-0.15, -0.1) is 0 Å². The molecule has 2 aromatic rings. The number of halogens is 2. The number of nitrogens with two attached hydrogens (primary N) is 1. The molecule has 0 bridgehead atoms. The number of nitrogen functional groups attached to an aromatic ring is 1. The van der Waals surface area contributed by atoms with Crippen molar-refractivity contribution in [1.82, 2.24) is 4.98 Å². The third-order valence-electron chi connectivity index (χ3n) is 4.43. The monoisotopic (exact) mass is 316 g/mol. The molecule has 5 heteroatoms. The van der Waals surface area contributed by atoms with Gasteiger partial charge in [-0.1, -0.05) is 19.3 Å². The van der Waals surface area contributed by atoms with Gasteiger partial charge < -0.3 is 5.73 Å². The SMILES string of the molecule is Nc1c(C(=O)c2ccc(F)cc2F)ccnc1C1CCCCC1. The van der Waals surface area contributed by atoms with Gasteiger partial charge in [0.2, 0.25) is 0 Å². The number of carbonyl (C=O) groups is 1. The van der Waals surface area contributed by atoms with Crippen LogP contribution < -0.4 is 5.73 Å². The Morgan fingerprint density at radius 1 is 1.09 bits per heavy atom. The van der Waals surface area contributed by atoms with E-state index >= 15 is 0 Å². The van der Waals surface area contributed by atoms with Crippen LogP contribution in [0.1, 0.15) is 59.6 Å². The summed E-state index contributed by atoms with van der Waals surface area (Å²) in [6.07, 6.45) is 6.98. The van der Waals surface area contributed by atoms with Crippen molar-refractivity contribution in [2.24, 2.45) is 0 Å². The summed E-state index contributed by atoms with van der Waals surface area (Å²) < 4.78 is 26.9. The summed E-state index contributed by atoms with van der Waals surface area (Å²) in [5.41, 5.74) is 7.23. The number of aromatic nitrogens is 1. The Bertz CT molecular complexity index is 740. The molecule has 1 aliphatic carbocycles. The maximum absolute atomic E-state index is 13.9. The zero-order valence-corrected chi connectivity index (χ0v) is 12.7. The van der Waals surface area contributed by atoms with Crippen molar-refractivity contribution in [2.45, 2.75) is 38.0 Å². The molecule has 1 saturated carbocycles. The summed E-state index contributed by atoms with van der Waals surface area (Å²) in [5.74, 6) is -1.90. The standard InChI is InChI=1S/C18H18F2N2O/c19-12-6-7-13(15(20)10-12)18(23)14-8-9-22-17(16(14)21)11-4-2-1-3-5-11/h6-11H,1-5,21H2. The Hall–Kier alpha value is -2.30. The Morgan fingerprint density at radius 2 is 1.83 bits per heavy atom. The minimum absolute atomic E-state index is 0.182. The summed E-state index contributed by atoms with van der Waals surface area (Å²) in [4.78, 5) is 16.9. The van der Waals surface area contributed by atoms with Crippen LogP contribution in [0, 0.1) is 11.6 Å². The van der Waals surface area contributed by atoms with Crippen molar-refractivity contribution in [3.63, 3.8) is 0 Å². The molecule has 1 aliphatic rings. The molecule has 1 aromatic carbocycles. The first-order chi connectivity index (χ1) is 11.1. The molecule has 0 spiro atoms. The second kappa shape index (κ2) is 6.44. The van der Waals surface area contributed by atoms with Gasteiger partial charge in [-0.05, 0) is 31.0 Å². The van der Waals surface area contributed by atoms with Crippen molar-refractivity contribution >= 4 is 11.5 Å².